The number of hydrogen-bond acceptors (Lipinski definition) is 4. The number of nitrogens with one attached hydrogen (secondary N) is 1. The molecule has 3 aromatic carbocycles. The van der Waals surface area contributed by atoms with Crippen LogP contribution in [0.5, 0.6) is 5.75 Å². The molecule has 1 amide bonds. The summed E-state index contributed by atoms with van der Waals surface area (Å²) in [5, 5.41) is 3.34. The molecule has 0 saturated carbocycles. The summed E-state index contributed by atoms with van der Waals surface area (Å²) >= 11 is 0. The van der Waals surface area contributed by atoms with Gasteiger partial charge in [0.05, 0.1) is 17.8 Å². The molecule has 0 bridgehead atoms. The molecule has 0 atom stereocenters. The number of carbonyl (C=O) groups excluding carboxylic acids is 1. The molecule has 0 radical (unpaired) electrons. The van der Waals surface area contributed by atoms with Gasteiger partial charge in [0.1, 0.15) is 18.1 Å². The van der Waals surface area contributed by atoms with Gasteiger partial charge >= 0.3 is 0 Å². The van der Waals surface area contributed by atoms with Crippen molar-refractivity contribution in [2.24, 2.45) is 0 Å². The summed E-state index contributed by atoms with van der Waals surface area (Å²) in [5.74, 6) is -0.640. The second-order valence-corrected chi connectivity index (χ2v) is 9.54. The van der Waals surface area contributed by atoms with E-state index in [-0.39, 0.29) is 29.5 Å². The van der Waals surface area contributed by atoms with E-state index in [1.54, 1.807) is 42.0 Å². The van der Waals surface area contributed by atoms with Crippen LogP contribution in [0.2, 0.25) is 0 Å². The zero-order valence-corrected chi connectivity index (χ0v) is 18.8. The highest BCUT2D eigenvalue weighted by Gasteiger charge is 2.23. The molecular weight excluding hydrogens is 443 g/mol. The van der Waals surface area contributed by atoms with Crippen LogP contribution in [-0.4, -0.2) is 26.0 Å². The maximum absolute atomic E-state index is 14.1. The molecule has 4 rings (SSSR count). The van der Waals surface area contributed by atoms with Crippen molar-refractivity contribution in [1.29, 1.82) is 0 Å². The van der Waals surface area contributed by atoms with Crippen molar-refractivity contribution in [1.82, 2.24) is 9.88 Å². The second kappa shape index (κ2) is 9.46. The molecular formula is C25H23FN2O4S. The topological polar surface area (TPSA) is 77.4 Å². The van der Waals surface area contributed by atoms with Gasteiger partial charge in [-0.25, -0.2) is 12.8 Å². The molecule has 6 nitrogen and oxygen atoms in total. The Kier molecular flexibility index (Phi) is 6.46. The number of fused-ring (bicyclic) bond motifs is 1. The molecule has 1 aromatic heterocycles. The minimum Gasteiger partial charge on any atom is -0.496 e. The number of para-hydroxylation sites is 2. The van der Waals surface area contributed by atoms with E-state index in [9.17, 15) is 17.6 Å². The minimum atomic E-state index is -3.85. The van der Waals surface area contributed by atoms with Crippen LogP contribution < -0.4 is 10.1 Å². The van der Waals surface area contributed by atoms with E-state index in [2.05, 4.69) is 5.32 Å². The van der Waals surface area contributed by atoms with Crippen LogP contribution >= 0.6 is 0 Å². The molecule has 4 aromatic rings. The molecule has 1 heterocycles. The van der Waals surface area contributed by atoms with E-state index in [1.807, 2.05) is 24.3 Å². The highest BCUT2D eigenvalue weighted by Crippen LogP contribution is 2.28. The van der Waals surface area contributed by atoms with E-state index >= 15 is 0 Å². The third-order valence-electron chi connectivity index (χ3n) is 5.37. The van der Waals surface area contributed by atoms with Gasteiger partial charge in [-0.2, -0.15) is 0 Å². The van der Waals surface area contributed by atoms with Crippen molar-refractivity contribution < 1.29 is 22.3 Å². The SMILES string of the molecule is COc1ccccc1CNC(=O)Cn1cc(S(=O)(=O)Cc2ccccc2F)c2ccccc21. The van der Waals surface area contributed by atoms with Crippen molar-refractivity contribution in [3.8, 4) is 5.75 Å². The second-order valence-electron chi connectivity index (χ2n) is 7.58. The normalized spacial score (nSPS) is 11.5. The summed E-state index contributed by atoms with van der Waals surface area (Å²) in [6.07, 6.45) is 1.45. The van der Waals surface area contributed by atoms with Gasteiger partial charge in [-0.05, 0) is 18.2 Å². The molecule has 0 fully saturated rings. The van der Waals surface area contributed by atoms with Crippen molar-refractivity contribution in [3.05, 3.63) is 95.9 Å². The van der Waals surface area contributed by atoms with Crippen molar-refractivity contribution in [3.63, 3.8) is 0 Å². The summed E-state index contributed by atoms with van der Waals surface area (Å²) in [7, 11) is -2.29. The fraction of sp³-hybridized carbons (Fsp3) is 0.160. The van der Waals surface area contributed by atoms with E-state index < -0.39 is 21.4 Å². The van der Waals surface area contributed by atoms with E-state index in [1.165, 1.54) is 24.4 Å². The van der Waals surface area contributed by atoms with Crippen molar-refractivity contribution >= 4 is 26.6 Å². The van der Waals surface area contributed by atoms with Crippen molar-refractivity contribution in [2.45, 2.75) is 23.7 Å². The minimum absolute atomic E-state index is 0.0646. The quantitative estimate of drug-likeness (QED) is 0.425. The smallest absolute Gasteiger partial charge is 0.240 e. The number of amides is 1. The number of halogens is 1. The molecule has 0 unspecified atom stereocenters. The van der Waals surface area contributed by atoms with E-state index in [0.29, 0.717) is 16.7 Å². The van der Waals surface area contributed by atoms with Crippen LogP contribution in [0.3, 0.4) is 0 Å². The Balaban J connectivity index is 1.58. The van der Waals surface area contributed by atoms with Gasteiger partial charge in [-0.3, -0.25) is 4.79 Å². The Hall–Kier alpha value is -3.65. The Bertz CT molecular complexity index is 1410. The summed E-state index contributed by atoms with van der Waals surface area (Å²) in [5.41, 5.74) is 1.54. The van der Waals surface area contributed by atoms with Crippen LogP contribution in [0.1, 0.15) is 11.1 Å². The molecule has 8 heteroatoms. The van der Waals surface area contributed by atoms with Crippen LogP contribution in [0, 0.1) is 5.82 Å². The highest BCUT2D eigenvalue weighted by atomic mass is 32.2. The predicted octanol–water partition coefficient (Wildman–Crippen LogP) is 4.08. The predicted molar refractivity (Wildman–Crippen MR) is 124 cm³/mol. The first kappa shape index (κ1) is 22.5. The molecule has 0 aliphatic carbocycles. The van der Waals surface area contributed by atoms with Crippen LogP contribution in [0.4, 0.5) is 4.39 Å². The van der Waals surface area contributed by atoms with Crippen molar-refractivity contribution in [2.75, 3.05) is 7.11 Å². The standard InChI is InChI=1S/C25H23FN2O4S/c1-32-23-13-7-3-8-18(23)14-27-25(29)16-28-15-24(20-10-4-6-12-22(20)28)33(30,31)17-19-9-2-5-11-21(19)26/h2-13,15H,14,16-17H2,1H3,(H,27,29). The number of benzene rings is 3. The first-order valence-corrected chi connectivity index (χ1v) is 12.0. The fourth-order valence-electron chi connectivity index (χ4n) is 3.74. The zero-order chi connectivity index (χ0) is 23.4. The summed E-state index contributed by atoms with van der Waals surface area (Å²) < 4.78 is 47.3. The van der Waals surface area contributed by atoms with Gasteiger partial charge in [0.2, 0.25) is 5.91 Å². The van der Waals surface area contributed by atoms with Gasteiger partial charge in [-0.15, -0.1) is 0 Å². The fourth-order valence-corrected chi connectivity index (χ4v) is 5.34. The third-order valence-corrected chi connectivity index (χ3v) is 7.06. The lowest BCUT2D eigenvalue weighted by Gasteiger charge is -2.10. The average Bonchev–Trinajstić information content (AvgIpc) is 3.18. The molecule has 0 saturated heterocycles. The summed E-state index contributed by atoms with van der Waals surface area (Å²) in [4.78, 5) is 12.7. The van der Waals surface area contributed by atoms with Gasteiger partial charge in [0.25, 0.3) is 0 Å². The van der Waals surface area contributed by atoms with Crippen LogP contribution in [-0.2, 0) is 33.5 Å². The largest absolute Gasteiger partial charge is 0.496 e. The zero-order valence-electron chi connectivity index (χ0n) is 18.0. The Labute approximate surface area is 191 Å². The first-order valence-electron chi connectivity index (χ1n) is 10.3. The molecule has 170 valence electrons. The lowest BCUT2D eigenvalue weighted by Crippen LogP contribution is -2.27. The number of ether oxygens (including phenoxy) is 1. The molecule has 33 heavy (non-hydrogen) atoms. The summed E-state index contributed by atoms with van der Waals surface area (Å²) in [6, 6.07) is 20.1. The maximum Gasteiger partial charge on any atom is 0.240 e. The molecule has 0 aliphatic heterocycles. The van der Waals surface area contributed by atoms with Gasteiger partial charge in [0.15, 0.2) is 9.84 Å². The third kappa shape index (κ3) is 4.90. The van der Waals surface area contributed by atoms with Crippen LogP contribution in [0.15, 0.2) is 83.9 Å². The first-order chi connectivity index (χ1) is 15.9. The van der Waals surface area contributed by atoms with E-state index in [4.69, 9.17) is 4.74 Å². The molecule has 0 aliphatic rings. The summed E-state index contributed by atoms with van der Waals surface area (Å²) in [6.45, 7) is 0.214. The highest BCUT2D eigenvalue weighted by molar-refractivity contribution is 7.90. The number of carbonyl (C=O) groups is 1. The monoisotopic (exact) mass is 466 g/mol. The molecule has 1 N–H and O–H groups in total. The number of sulfone groups is 1. The number of nitrogens with zero attached hydrogens (tertiary/aromatic N) is 1. The number of rotatable bonds is 8. The van der Waals surface area contributed by atoms with Crippen LogP contribution in [0.25, 0.3) is 10.9 Å². The maximum atomic E-state index is 14.1. The molecule has 0 spiro atoms. The van der Waals surface area contributed by atoms with Gasteiger partial charge in [0, 0.05) is 34.8 Å². The lowest BCUT2D eigenvalue weighted by molar-refractivity contribution is -0.121. The van der Waals surface area contributed by atoms with Gasteiger partial charge < -0.3 is 14.6 Å². The Morgan fingerprint density at radius 3 is 2.39 bits per heavy atom. The average molecular weight is 467 g/mol. The van der Waals surface area contributed by atoms with E-state index in [0.717, 1.165) is 5.56 Å². The number of methoxy groups -OCH3 is 1. The lowest BCUT2D eigenvalue weighted by atomic mass is 10.2. The Morgan fingerprint density at radius 2 is 1.64 bits per heavy atom. The number of aromatic nitrogens is 1. The van der Waals surface area contributed by atoms with Gasteiger partial charge in [-0.1, -0.05) is 54.6 Å². The number of hydrogen-bond donors (Lipinski definition) is 1. The Morgan fingerprint density at radius 1 is 0.970 bits per heavy atom.